The van der Waals surface area contributed by atoms with Gasteiger partial charge in [-0.2, -0.15) is 0 Å². The monoisotopic (exact) mass is 345 g/mol. The third kappa shape index (κ3) is 3.94. The van der Waals surface area contributed by atoms with Gasteiger partial charge in [0.2, 0.25) is 0 Å². The van der Waals surface area contributed by atoms with Gasteiger partial charge >= 0.3 is 5.97 Å². The summed E-state index contributed by atoms with van der Waals surface area (Å²) in [6, 6.07) is 24.3. The van der Waals surface area contributed by atoms with Crippen LogP contribution in [0.5, 0.6) is 0 Å². The fourth-order valence-corrected chi connectivity index (χ4v) is 2.80. The summed E-state index contributed by atoms with van der Waals surface area (Å²) in [7, 11) is 0. The Hall–Kier alpha value is -3.07. The van der Waals surface area contributed by atoms with E-state index in [0.29, 0.717) is 12.2 Å². The van der Waals surface area contributed by atoms with Crippen molar-refractivity contribution in [2.24, 2.45) is 0 Å². The number of anilines is 3. The van der Waals surface area contributed by atoms with Gasteiger partial charge in [-0.05, 0) is 69.3 Å². The first-order chi connectivity index (χ1) is 12.6. The molecule has 3 nitrogen and oxygen atoms in total. The number of aryl methyl sites for hydroxylation is 2. The lowest BCUT2D eigenvalue weighted by Gasteiger charge is -2.25. The summed E-state index contributed by atoms with van der Waals surface area (Å²) >= 11 is 0. The Morgan fingerprint density at radius 1 is 0.731 bits per heavy atom. The van der Waals surface area contributed by atoms with Crippen LogP contribution in [-0.2, 0) is 4.74 Å². The molecule has 0 unspecified atom stereocenters. The number of hydrogen-bond donors (Lipinski definition) is 0. The molecule has 0 spiro atoms. The third-order valence-electron chi connectivity index (χ3n) is 4.22. The minimum absolute atomic E-state index is 0.295. The van der Waals surface area contributed by atoms with E-state index in [9.17, 15) is 4.79 Å². The number of carbonyl (C=O) groups excluding carboxylic acids is 1. The molecular weight excluding hydrogens is 322 g/mol. The average Bonchev–Trinajstić information content (AvgIpc) is 2.66. The highest BCUT2D eigenvalue weighted by Gasteiger charge is 2.13. The number of ether oxygens (including phenoxy) is 1. The zero-order valence-corrected chi connectivity index (χ0v) is 15.4. The molecule has 3 aromatic rings. The molecule has 0 fully saturated rings. The number of nitrogens with zero attached hydrogens (tertiary/aromatic N) is 1. The van der Waals surface area contributed by atoms with Crippen LogP contribution in [0.3, 0.4) is 0 Å². The minimum Gasteiger partial charge on any atom is -0.462 e. The first kappa shape index (κ1) is 17.7. The van der Waals surface area contributed by atoms with E-state index in [-0.39, 0.29) is 5.97 Å². The van der Waals surface area contributed by atoms with Crippen molar-refractivity contribution in [2.75, 3.05) is 11.5 Å². The standard InChI is InChI=1S/C23H23NO2/c1-4-26-23(25)19-9-15-22(16-10-19)24(20-11-5-17(2)6-12-20)21-13-7-18(3)8-14-21/h5-16H,4H2,1-3H3. The van der Waals surface area contributed by atoms with Crippen molar-refractivity contribution in [3.8, 4) is 0 Å². The van der Waals surface area contributed by atoms with Crippen molar-refractivity contribution in [2.45, 2.75) is 20.8 Å². The van der Waals surface area contributed by atoms with Crippen LogP contribution in [0.1, 0.15) is 28.4 Å². The SMILES string of the molecule is CCOC(=O)c1ccc(N(c2ccc(C)cc2)c2ccc(C)cc2)cc1. The Kier molecular flexibility index (Phi) is 5.37. The Morgan fingerprint density at radius 3 is 1.50 bits per heavy atom. The number of esters is 1. The van der Waals surface area contributed by atoms with Crippen LogP contribution < -0.4 is 4.90 Å². The van der Waals surface area contributed by atoms with Gasteiger partial charge in [0.15, 0.2) is 0 Å². The van der Waals surface area contributed by atoms with Gasteiger partial charge in [-0.3, -0.25) is 0 Å². The van der Waals surface area contributed by atoms with Crippen molar-refractivity contribution >= 4 is 23.0 Å². The summed E-state index contributed by atoms with van der Waals surface area (Å²) in [6.45, 7) is 6.34. The summed E-state index contributed by atoms with van der Waals surface area (Å²) in [5, 5.41) is 0. The molecule has 0 heterocycles. The van der Waals surface area contributed by atoms with Crippen molar-refractivity contribution in [1.29, 1.82) is 0 Å². The zero-order valence-electron chi connectivity index (χ0n) is 15.4. The van der Waals surface area contributed by atoms with E-state index in [1.165, 1.54) is 11.1 Å². The number of benzene rings is 3. The molecule has 0 radical (unpaired) electrons. The minimum atomic E-state index is -0.295. The predicted octanol–water partition coefficient (Wildman–Crippen LogP) is 5.95. The number of carbonyl (C=O) groups is 1. The summed E-state index contributed by atoms with van der Waals surface area (Å²) in [5.41, 5.74) is 6.13. The van der Waals surface area contributed by atoms with Gasteiger partial charge in [-0.1, -0.05) is 35.4 Å². The molecule has 0 bridgehead atoms. The highest BCUT2D eigenvalue weighted by Crippen LogP contribution is 2.34. The summed E-state index contributed by atoms with van der Waals surface area (Å²) in [5.74, 6) is -0.295. The maximum atomic E-state index is 11.9. The van der Waals surface area contributed by atoms with Crippen LogP contribution in [-0.4, -0.2) is 12.6 Å². The molecule has 26 heavy (non-hydrogen) atoms. The lowest BCUT2D eigenvalue weighted by molar-refractivity contribution is 0.0526. The smallest absolute Gasteiger partial charge is 0.338 e. The van der Waals surface area contributed by atoms with Crippen LogP contribution in [0.2, 0.25) is 0 Å². The Balaban J connectivity index is 2.01. The van der Waals surface area contributed by atoms with E-state index in [1.807, 2.05) is 31.2 Å². The second kappa shape index (κ2) is 7.87. The molecule has 0 aliphatic carbocycles. The van der Waals surface area contributed by atoms with Crippen LogP contribution in [0.25, 0.3) is 0 Å². The molecule has 0 saturated carbocycles. The van der Waals surface area contributed by atoms with E-state index < -0.39 is 0 Å². The van der Waals surface area contributed by atoms with Gasteiger partial charge in [0, 0.05) is 17.1 Å². The summed E-state index contributed by atoms with van der Waals surface area (Å²) in [6.07, 6.45) is 0. The molecule has 0 aliphatic rings. The van der Waals surface area contributed by atoms with E-state index in [1.54, 1.807) is 0 Å². The molecule has 132 valence electrons. The van der Waals surface area contributed by atoms with Crippen LogP contribution in [0.15, 0.2) is 72.8 Å². The van der Waals surface area contributed by atoms with E-state index >= 15 is 0 Å². The molecule has 3 heteroatoms. The van der Waals surface area contributed by atoms with E-state index in [0.717, 1.165) is 17.1 Å². The lowest BCUT2D eigenvalue weighted by atomic mass is 10.1. The number of hydrogen-bond acceptors (Lipinski definition) is 3. The normalized spacial score (nSPS) is 10.4. The van der Waals surface area contributed by atoms with Crippen LogP contribution >= 0.6 is 0 Å². The van der Waals surface area contributed by atoms with Crippen molar-refractivity contribution < 1.29 is 9.53 Å². The molecular formula is C23H23NO2. The second-order valence-corrected chi connectivity index (χ2v) is 6.27. The topological polar surface area (TPSA) is 29.5 Å². The third-order valence-corrected chi connectivity index (χ3v) is 4.22. The first-order valence-electron chi connectivity index (χ1n) is 8.79. The molecule has 0 aromatic heterocycles. The van der Waals surface area contributed by atoms with Gasteiger partial charge in [0.05, 0.1) is 12.2 Å². The lowest BCUT2D eigenvalue weighted by Crippen LogP contribution is -2.11. The van der Waals surface area contributed by atoms with Crippen molar-refractivity contribution in [3.63, 3.8) is 0 Å². The van der Waals surface area contributed by atoms with Gasteiger partial charge in [0.25, 0.3) is 0 Å². The summed E-state index contributed by atoms with van der Waals surface area (Å²) in [4.78, 5) is 14.1. The highest BCUT2D eigenvalue weighted by molar-refractivity contribution is 5.90. The zero-order chi connectivity index (χ0) is 18.5. The van der Waals surface area contributed by atoms with Gasteiger partial charge in [-0.15, -0.1) is 0 Å². The molecule has 0 atom stereocenters. The Morgan fingerprint density at radius 2 is 1.12 bits per heavy atom. The molecule has 0 aliphatic heterocycles. The maximum absolute atomic E-state index is 11.9. The maximum Gasteiger partial charge on any atom is 0.338 e. The molecule has 0 amide bonds. The Bertz CT molecular complexity index is 820. The van der Waals surface area contributed by atoms with Crippen LogP contribution in [0.4, 0.5) is 17.1 Å². The Labute approximate surface area is 154 Å². The average molecular weight is 345 g/mol. The van der Waals surface area contributed by atoms with E-state index in [2.05, 4.69) is 67.3 Å². The highest BCUT2D eigenvalue weighted by atomic mass is 16.5. The van der Waals surface area contributed by atoms with Gasteiger partial charge < -0.3 is 9.64 Å². The van der Waals surface area contributed by atoms with Crippen LogP contribution in [0, 0.1) is 13.8 Å². The predicted molar refractivity (Wildman–Crippen MR) is 107 cm³/mol. The quantitative estimate of drug-likeness (QED) is 0.535. The van der Waals surface area contributed by atoms with E-state index in [4.69, 9.17) is 4.74 Å². The largest absolute Gasteiger partial charge is 0.462 e. The van der Waals surface area contributed by atoms with Crippen molar-refractivity contribution in [3.05, 3.63) is 89.5 Å². The fourth-order valence-electron chi connectivity index (χ4n) is 2.80. The van der Waals surface area contributed by atoms with Crippen molar-refractivity contribution in [1.82, 2.24) is 0 Å². The molecule has 0 N–H and O–H groups in total. The molecule has 3 rings (SSSR count). The molecule has 3 aromatic carbocycles. The first-order valence-corrected chi connectivity index (χ1v) is 8.79. The molecule has 0 saturated heterocycles. The fraction of sp³-hybridized carbons (Fsp3) is 0.174. The second-order valence-electron chi connectivity index (χ2n) is 6.27. The summed E-state index contributed by atoms with van der Waals surface area (Å²) < 4.78 is 5.07. The number of rotatable bonds is 5. The van der Waals surface area contributed by atoms with Gasteiger partial charge in [0.1, 0.15) is 0 Å². The van der Waals surface area contributed by atoms with Gasteiger partial charge in [-0.25, -0.2) is 4.79 Å².